The highest BCUT2D eigenvalue weighted by Gasteiger charge is 2.14. The summed E-state index contributed by atoms with van der Waals surface area (Å²) >= 11 is 1.88. The van der Waals surface area contributed by atoms with Gasteiger partial charge in [0, 0.05) is 24.4 Å². The molecule has 1 unspecified atom stereocenters. The Balaban J connectivity index is 2.12. The zero-order chi connectivity index (χ0) is 13.4. The normalized spacial score (nSPS) is 22.8. The number of aliphatic imine (C=N–C) groups is 1. The zero-order valence-electron chi connectivity index (χ0n) is 12.4. The van der Waals surface area contributed by atoms with Gasteiger partial charge in [-0.25, -0.2) is 0 Å². The number of hydrogen-bond acceptors (Lipinski definition) is 3. The summed E-state index contributed by atoms with van der Waals surface area (Å²) in [5.74, 6) is 1.22. The maximum Gasteiger partial charge on any atom is 0.156 e. The predicted octanol–water partition coefficient (Wildman–Crippen LogP) is 2.97. The molecule has 1 fully saturated rings. The first-order valence-electron chi connectivity index (χ1n) is 7.27. The average Bonchev–Trinajstić information content (AvgIpc) is 2.38. The van der Waals surface area contributed by atoms with Crippen molar-refractivity contribution in [2.45, 2.75) is 58.5 Å². The Bertz CT molecular complexity index is 253. The second kappa shape index (κ2) is 8.81. The van der Waals surface area contributed by atoms with Crippen LogP contribution in [0.15, 0.2) is 4.99 Å². The number of amidine groups is 1. The molecule has 1 aliphatic heterocycles. The van der Waals surface area contributed by atoms with Crippen molar-refractivity contribution in [2.24, 2.45) is 4.99 Å². The Morgan fingerprint density at radius 1 is 1.44 bits per heavy atom. The first-order chi connectivity index (χ1) is 8.63. The van der Waals surface area contributed by atoms with E-state index in [0.29, 0.717) is 12.1 Å². The summed E-state index contributed by atoms with van der Waals surface area (Å²) in [4.78, 5) is 7.07. The zero-order valence-corrected chi connectivity index (χ0v) is 13.2. The summed E-state index contributed by atoms with van der Waals surface area (Å²) in [5, 5.41) is 4.70. The van der Waals surface area contributed by atoms with E-state index in [4.69, 9.17) is 0 Å². The molecule has 0 saturated carbocycles. The van der Waals surface area contributed by atoms with Crippen molar-refractivity contribution in [1.29, 1.82) is 0 Å². The van der Waals surface area contributed by atoms with Crippen molar-refractivity contribution in [3.8, 4) is 0 Å². The standard InChI is InChI=1S/C14H29N3S/c1-5-13-8-11-18-14(16-13)15-9-6-7-10-17(4)12(2)3/h12-13H,5-11H2,1-4H3,(H,15,16). The Hall–Kier alpha value is -0.220. The van der Waals surface area contributed by atoms with E-state index in [1.54, 1.807) is 0 Å². The Kier molecular flexibility index (Phi) is 7.75. The molecule has 4 heteroatoms. The molecule has 0 bridgehead atoms. The fourth-order valence-electron chi connectivity index (χ4n) is 1.90. The second-order valence-electron chi connectivity index (χ2n) is 5.35. The highest BCUT2D eigenvalue weighted by molar-refractivity contribution is 8.13. The Morgan fingerprint density at radius 2 is 2.22 bits per heavy atom. The molecule has 18 heavy (non-hydrogen) atoms. The van der Waals surface area contributed by atoms with Crippen LogP contribution in [0.1, 0.15) is 46.5 Å². The van der Waals surface area contributed by atoms with Crippen LogP contribution in [0.4, 0.5) is 0 Å². The van der Waals surface area contributed by atoms with Crippen molar-refractivity contribution < 1.29 is 0 Å². The van der Waals surface area contributed by atoms with Crippen LogP contribution < -0.4 is 5.32 Å². The molecule has 1 rings (SSSR count). The third-order valence-corrected chi connectivity index (χ3v) is 4.54. The number of nitrogens with one attached hydrogen (secondary N) is 1. The Labute approximate surface area is 117 Å². The molecular formula is C14H29N3S. The van der Waals surface area contributed by atoms with E-state index in [-0.39, 0.29) is 0 Å². The lowest BCUT2D eigenvalue weighted by atomic mass is 10.2. The van der Waals surface area contributed by atoms with Crippen molar-refractivity contribution in [2.75, 3.05) is 25.9 Å². The maximum absolute atomic E-state index is 4.67. The lowest BCUT2D eigenvalue weighted by Gasteiger charge is -2.24. The van der Waals surface area contributed by atoms with Crippen molar-refractivity contribution >= 4 is 16.9 Å². The highest BCUT2D eigenvalue weighted by Crippen LogP contribution is 2.15. The lowest BCUT2D eigenvalue weighted by molar-refractivity contribution is 0.269. The maximum atomic E-state index is 4.67. The van der Waals surface area contributed by atoms with Crippen LogP contribution in [0.2, 0.25) is 0 Å². The van der Waals surface area contributed by atoms with Gasteiger partial charge >= 0.3 is 0 Å². The largest absolute Gasteiger partial charge is 0.362 e. The fourth-order valence-corrected chi connectivity index (χ4v) is 2.92. The number of rotatable bonds is 7. The number of hydrogen-bond donors (Lipinski definition) is 1. The first-order valence-corrected chi connectivity index (χ1v) is 8.26. The van der Waals surface area contributed by atoms with Crippen molar-refractivity contribution in [3.63, 3.8) is 0 Å². The molecule has 3 nitrogen and oxygen atoms in total. The molecule has 0 radical (unpaired) electrons. The van der Waals surface area contributed by atoms with E-state index in [1.165, 1.54) is 43.1 Å². The van der Waals surface area contributed by atoms with E-state index in [2.05, 4.69) is 43.0 Å². The Morgan fingerprint density at radius 3 is 2.89 bits per heavy atom. The summed E-state index contributed by atoms with van der Waals surface area (Å²) < 4.78 is 0. The minimum atomic E-state index is 0.650. The van der Waals surface area contributed by atoms with Gasteiger partial charge in [0.1, 0.15) is 0 Å². The summed E-state index contributed by atoms with van der Waals surface area (Å²) in [6.07, 6.45) is 4.92. The smallest absolute Gasteiger partial charge is 0.156 e. The SMILES string of the molecule is CCC1CCSC(=NCCCCN(C)C(C)C)N1. The summed E-state index contributed by atoms with van der Waals surface area (Å²) in [6.45, 7) is 8.88. The molecular weight excluding hydrogens is 242 g/mol. The van der Waals surface area contributed by atoms with Gasteiger partial charge in [-0.1, -0.05) is 18.7 Å². The van der Waals surface area contributed by atoms with E-state index in [1.807, 2.05) is 11.8 Å². The van der Waals surface area contributed by atoms with Gasteiger partial charge in [-0.05, 0) is 53.1 Å². The van der Waals surface area contributed by atoms with Gasteiger partial charge < -0.3 is 10.2 Å². The average molecular weight is 271 g/mol. The van der Waals surface area contributed by atoms with Gasteiger partial charge in [0.05, 0.1) is 0 Å². The molecule has 1 heterocycles. The summed E-state index contributed by atoms with van der Waals surface area (Å²) in [6, 6.07) is 1.30. The highest BCUT2D eigenvalue weighted by atomic mass is 32.2. The quantitative estimate of drug-likeness (QED) is 0.721. The molecule has 0 amide bonds. The fraction of sp³-hybridized carbons (Fsp3) is 0.929. The van der Waals surface area contributed by atoms with Crippen LogP contribution in [-0.4, -0.2) is 48.0 Å². The van der Waals surface area contributed by atoms with Crippen LogP contribution in [0.3, 0.4) is 0 Å². The topological polar surface area (TPSA) is 27.6 Å². The third-order valence-electron chi connectivity index (χ3n) is 3.58. The van der Waals surface area contributed by atoms with Crippen LogP contribution >= 0.6 is 11.8 Å². The van der Waals surface area contributed by atoms with Gasteiger partial charge in [0.15, 0.2) is 5.17 Å². The van der Waals surface area contributed by atoms with Gasteiger partial charge in [-0.2, -0.15) is 0 Å². The van der Waals surface area contributed by atoms with Gasteiger partial charge in [0.25, 0.3) is 0 Å². The van der Waals surface area contributed by atoms with E-state index in [0.717, 1.165) is 6.54 Å². The monoisotopic (exact) mass is 271 g/mol. The van der Waals surface area contributed by atoms with Gasteiger partial charge in [0.2, 0.25) is 0 Å². The van der Waals surface area contributed by atoms with E-state index in [9.17, 15) is 0 Å². The van der Waals surface area contributed by atoms with Crippen molar-refractivity contribution in [1.82, 2.24) is 10.2 Å². The van der Waals surface area contributed by atoms with Crippen LogP contribution in [0.5, 0.6) is 0 Å². The van der Waals surface area contributed by atoms with Crippen LogP contribution in [-0.2, 0) is 0 Å². The molecule has 0 aliphatic carbocycles. The minimum absolute atomic E-state index is 0.650. The number of thioether (sulfide) groups is 1. The molecule has 1 N–H and O–H groups in total. The summed E-state index contributed by atoms with van der Waals surface area (Å²) in [5.41, 5.74) is 0. The van der Waals surface area contributed by atoms with Gasteiger partial charge in [-0.15, -0.1) is 0 Å². The second-order valence-corrected chi connectivity index (χ2v) is 6.44. The molecule has 1 aliphatic rings. The van der Waals surface area contributed by atoms with E-state index >= 15 is 0 Å². The van der Waals surface area contributed by atoms with E-state index < -0.39 is 0 Å². The third kappa shape index (κ3) is 6.10. The molecule has 0 aromatic heterocycles. The molecule has 0 aromatic carbocycles. The summed E-state index contributed by atoms with van der Waals surface area (Å²) in [7, 11) is 2.20. The van der Waals surface area contributed by atoms with Crippen LogP contribution in [0, 0.1) is 0 Å². The molecule has 1 atom stereocenters. The van der Waals surface area contributed by atoms with Crippen LogP contribution in [0.25, 0.3) is 0 Å². The molecule has 106 valence electrons. The first kappa shape index (κ1) is 15.8. The number of unbranched alkanes of at least 4 members (excludes halogenated alkanes) is 1. The molecule has 0 aromatic rings. The minimum Gasteiger partial charge on any atom is -0.362 e. The van der Waals surface area contributed by atoms with Gasteiger partial charge in [-0.3, -0.25) is 4.99 Å². The lowest BCUT2D eigenvalue weighted by Crippen LogP contribution is -2.37. The molecule has 0 spiro atoms. The number of nitrogens with zero attached hydrogens (tertiary/aromatic N) is 2. The molecule has 1 saturated heterocycles. The predicted molar refractivity (Wildman–Crippen MR) is 83.6 cm³/mol. The van der Waals surface area contributed by atoms with Crippen molar-refractivity contribution in [3.05, 3.63) is 0 Å².